The summed E-state index contributed by atoms with van der Waals surface area (Å²) in [6.07, 6.45) is 5.85. The first kappa shape index (κ1) is 15.7. The van der Waals surface area contributed by atoms with Gasteiger partial charge in [0, 0.05) is 62.6 Å². The molecule has 0 amide bonds. The summed E-state index contributed by atoms with van der Waals surface area (Å²) in [4.78, 5) is 13.7. The SMILES string of the molecule is CC(C)N1CCc2ccc(CN3CCc4ncncc4C3)cc2C1. The molecule has 0 saturated heterocycles. The lowest BCUT2D eigenvalue weighted by molar-refractivity contribution is 0.203. The summed E-state index contributed by atoms with van der Waals surface area (Å²) >= 11 is 0. The summed E-state index contributed by atoms with van der Waals surface area (Å²) in [5, 5.41) is 0. The highest BCUT2D eigenvalue weighted by Gasteiger charge is 2.20. The van der Waals surface area contributed by atoms with Crippen LogP contribution >= 0.6 is 0 Å². The van der Waals surface area contributed by atoms with E-state index in [0.29, 0.717) is 6.04 Å². The summed E-state index contributed by atoms with van der Waals surface area (Å²) < 4.78 is 0. The molecule has 4 heteroatoms. The summed E-state index contributed by atoms with van der Waals surface area (Å²) in [5.41, 5.74) is 6.99. The van der Waals surface area contributed by atoms with Crippen LogP contribution in [-0.4, -0.2) is 38.9 Å². The Morgan fingerprint density at radius 1 is 1.04 bits per heavy atom. The second kappa shape index (κ2) is 6.61. The number of fused-ring (bicyclic) bond motifs is 2. The van der Waals surface area contributed by atoms with Crippen LogP contribution in [0.25, 0.3) is 0 Å². The largest absolute Gasteiger partial charge is 0.296 e. The van der Waals surface area contributed by atoms with E-state index in [4.69, 9.17) is 0 Å². The predicted octanol–water partition coefficient (Wildman–Crippen LogP) is 2.80. The zero-order valence-corrected chi connectivity index (χ0v) is 14.7. The average molecular weight is 322 g/mol. The number of hydrogen-bond acceptors (Lipinski definition) is 4. The molecule has 1 aromatic heterocycles. The highest BCUT2D eigenvalue weighted by Crippen LogP contribution is 2.24. The maximum absolute atomic E-state index is 4.40. The van der Waals surface area contributed by atoms with Crippen LogP contribution in [0.5, 0.6) is 0 Å². The van der Waals surface area contributed by atoms with Crippen molar-refractivity contribution in [1.29, 1.82) is 0 Å². The van der Waals surface area contributed by atoms with Gasteiger partial charge < -0.3 is 0 Å². The van der Waals surface area contributed by atoms with Gasteiger partial charge in [-0.25, -0.2) is 9.97 Å². The topological polar surface area (TPSA) is 32.3 Å². The van der Waals surface area contributed by atoms with Gasteiger partial charge in [-0.15, -0.1) is 0 Å². The van der Waals surface area contributed by atoms with Crippen LogP contribution in [0, 0.1) is 0 Å². The standard InChI is InChI=1S/C20H26N4/c1-15(2)24-8-5-17-4-3-16(9-18(17)13-24)11-23-7-6-20-19(12-23)10-21-14-22-20/h3-4,9-10,14-15H,5-8,11-13H2,1-2H3. The molecule has 0 aliphatic carbocycles. The van der Waals surface area contributed by atoms with Gasteiger partial charge in [0.1, 0.15) is 6.33 Å². The lowest BCUT2D eigenvalue weighted by Crippen LogP contribution is -2.36. The number of hydrogen-bond donors (Lipinski definition) is 0. The third-order valence-electron chi connectivity index (χ3n) is 5.39. The normalized spacial score (nSPS) is 18.5. The molecule has 0 fully saturated rings. The smallest absolute Gasteiger partial charge is 0.115 e. The number of rotatable bonds is 3. The van der Waals surface area contributed by atoms with Crippen molar-refractivity contribution in [3.05, 3.63) is 58.7 Å². The highest BCUT2D eigenvalue weighted by molar-refractivity contribution is 5.34. The van der Waals surface area contributed by atoms with Crippen LogP contribution in [0.1, 0.15) is 41.8 Å². The fourth-order valence-corrected chi connectivity index (χ4v) is 3.89. The van der Waals surface area contributed by atoms with Gasteiger partial charge in [0.15, 0.2) is 0 Å². The van der Waals surface area contributed by atoms with E-state index in [1.54, 1.807) is 6.33 Å². The minimum absolute atomic E-state index is 0.625. The van der Waals surface area contributed by atoms with Gasteiger partial charge in [-0.1, -0.05) is 18.2 Å². The Bertz CT molecular complexity index is 725. The Labute approximate surface area is 144 Å². The van der Waals surface area contributed by atoms with Crippen molar-refractivity contribution in [1.82, 2.24) is 19.8 Å². The Hall–Kier alpha value is -1.78. The molecule has 1 aromatic carbocycles. The first-order valence-electron chi connectivity index (χ1n) is 9.04. The third-order valence-corrected chi connectivity index (χ3v) is 5.39. The maximum Gasteiger partial charge on any atom is 0.115 e. The molecule has 0 atom stereocenters. The van der Waals surface area contributed by atoms with E-state index >= 15 is 0 Å². The average Bonchev–Trinajstić information content (AvgIpc) is 2.61. The highest BCUT2D eigenvalue weighted by atomic mass is 15.1. The van der Waals surface area contributed by atoms with Crippen molar-refractivity contribution in [2.75, 3.05) is 13.1 Å². The number of benzene rings is 1. The molecule has 126 valence electrons. The van der Waals surface area contributed by atoms with Crippen molar-refractivity contribution < 1.29 is 0 Å². The predicted molar refractivity (Wildman–Crippen MR) is 95.5 cm³/mol. The van der Waals surface area contributed by atoms with Crippen LogP contribution in [-0.2, 0) is 32.5 Å². The van der Waals surface area contributed by atoms with E-state index in [-0.39, 0.29) is 0 Å². The van der Waals surface area contributed by atoms with Gasteiger partial charge in [-0.2, -0.15) is 0 Å². The van der Waals surface area contributed by atoms with Crippen LogP contribution < -0.4 is 0 Å². The van der Waals surface area contributed by atoms with Crippen LogP contribution in [0.2, 0.25) is 0 Å². The molecular weight excluding hydrogens is 296 g/mol. The van der Waals surface area contributed by atoms with Crippen molar-refractivity contribution in [3.8, 4) is 0 Å². The molecule has 0 unspecified atom stereocenters. The lowest BCUT2D eigenvalue weighted by Gasteiger charge is -2.33. The van der Waals surface area contributed by atoms with Gasteiger partial charge in [-0.3, -0.25) is 9.80 Å². The molecule has 0 saturated carbocycles. The van der Waals surface area contributed by atoms with E-state index in [1.807, 2.05) is 6.20 Å². The maximum atomic E-state index is 4.40. The monoisotopic (exact) mass is 322 g/mol. The summed E-state index contributed by atoms with van der Waals surface area (Å²) in [5.74, 6) is 0. The quantitative estimate of drug-likeness (QED) is 0.870. The second-order valence-corrected chi connectivity index (χ2v) is 7.37. The Kier molecular flexibility index (Phi) is 4.33. The Morgan fingerprint density at radius 2 is 1.96 bits per heavy atom. The second-order valence-electron chi connectivity index (χ2n) is 7.37. The molecule has 0 radical (unpaired) electrons. The van der Waals surface area contributed by atoms with Crippen LogP contribution in [0.4, 0.5) is 0 Å². The molecule has 24 heavy (non-hydrogen) atoms. The van der Waals surface area contributed by atoms with Gasteiger partial charge in [0.2, 0.25) is 0 Å². The van der Waals surface area contributed by atoms with Gasteiger partial charge in [-0.05, 0) is 37.0 Å². The number of nitrogens with zero attached hydrogens (tertiary/aromatic N) is 4. The van der Waals surface area contributed by atoms with E-state index < -0.39 is 0 Å². The molecular formula is C20H26N4. The molecule has 2 aliphatic heterocycles. The van der Waals surface area contributed by atoms with Crippen molar-refractivity contribution >= 4 is 0 Å². The fourth-order valence-electron chi connectivity index (χ4n) is 3.89. The van der Waals surface area contributed by atoms with Gasteiger partial charge >= 0.3 is 0 Å². The Morgan fingerprint density at radius 3 is 2.83 bits per heavy atom. The molecule has 0 spiro atoms. The molecule has 4 nitrogen and oxygen atoms in total. The minimum Gasteiger partial charge on any atom is -0.296 e. The minimum atomic E-state index is 0.625. The van der Waals surface area contributed by atoms with E-state index in [2.05, 4.69) is 51.8 Å². The van der Waals surface area contributed by atoms with Gasteiger partial charge in [0.05, 0.1) is 0 Å². The van der Waals surface area contributed by atoms with Crippen LogP contribution in [0.15, 0.2) is 30.7 Å². The molecule has 3 heterocycles. The first-order chi connectivity index (χ1) is 11.7. The van der Waals surface area contributed by atoms with E-state index in [0.717, 1.165) is 32.6 Å². The molecule has 2 aliphatic rings. The molecule has 0 bridgehead atoms. The lowest BCUT2D eigenvalue weighted by atomic mass is 9.96. The zero-order valence-electron chi connectivity index (χ0n) is 14.7. The molecule has 2 aromatic rings. The number of aromatic nitrogens is 2. The zero-order chi connectivity index (χ0) is 16.5. The summed E-state index contributed by atoms with van der Waals surface area (Å²) in [6, 6.07) is 7.73. The van der Waals surface area contributed by atoms with Crippen molar-refractivity contribution in [2.24, 2.45) is 0 Å². The third kappa shape index (κ3) is 3.21. The van der Waals surface area contributed by atoms with E-state index in [1.165, 1.54) is 40.9 Å². The first-order valence-corrected chi connectivity index (χ1v) is 9.04. The van der Waals surface area contributed by atoms with Crippen molar-refractivity contribution in [2.45, 2.75) is 52.4 Å². The summed E-state index contributed by atoms with van der Waals surface area (Å²) in [6.45, 7) is 9.93. The fraction of sp³-hybridized carbons (Fsp3) is 0.500. The van der Waals surface area contributed by atoms with Gasteiger partial charge in [0.25, 0.3) is 0 Å². The van der Waals surface area contributed by atoms with Crippen LogP contribution in [0.3, 0.4) is 0 Å². The van der Waals surface area contributed by atoms with E-state index in [9.17, 15) is 0 Å². The Balaban J connectivity index is 1.47. The molecule has 0 N–H and O–H groups in total. The summed E-state index contributed by atoms with van der Waals surface area (Å²) in [7, 11) is 0. The molecule has 4 rings (SSSR count). The van der Waals surface area contributed by atoms with Crippen molar-refractivity contribution in [3.63, 3.8) is 0 Å².